The highest BCUT2D eigenvalue weighted by molar-refractivity contribution is 6.33. The van der Waals surface area contributed by atoms with Crippen LogP contribution in [0.2, 0.25) is 5.02 Å². The van der Waals surface area contributed by atoms with E-state index in [-0.39, 0.29) is 23.7 Å². The van der Waals surface area contributed by atoms with Crippen LogP contribution in [0.3, 0.4) is 0 Å². The number of aliphatic hydroxyl groups excluding tert-OH is 1. The zero-order valence-corrected chi connectivity index (χ0v) is 12.7. The van der Waals surface area contributed by atoms with E-state index in [9.17, 15) is 9.18 Å². The summed E-state index contributed by atoms with van der Waals surface area (Å²) in [6.07, 6.45) is 3.62. The van der Waals surface area contributed by atoms with E-state index in [1.54, 1.807) is 11.9 Å². The molecule has 0 atom stereocenters. The van der Waals surface area contributed by atoms with Crippen molar-refractivity contribution >= 4 is 23.3 Å². The van der Waals surface area contributed by atoms with Gasteiger partial charge in [-0.3, -0.25) is 0 Å². The molecule has 0 heterocycles. The monoisotopic (exact) mass is 314 g/mol. The van der Waals surface area contributed by atoms with E-state index in [1.807, 2.05) is 0 Å². The van der Waals surface area contributed by atoms with Crippen molar-refractivity contribution in [1.29, 1.82) is 0 Å². The molecule has 0 spiro atoms. The van der Waals surface area contributed by atoms with Crippen LogP contribution < -0.4 is 5.32 Å². The molecule has 21 heavy (non-hydrogen) atoms. The lowest BCUT2D eigenvalue weighted by Crippen LogP contribution is -2.42. The van der Waals surface area contributed by atoms with Crippen LogP contribution in [0, 0.1) is 11.7 Å². The molecule has 0 saturated heterocycles. The predicted octanol–water partition coefficient (Wildman–Crippen LogP) is 3.49. The standard InChI is InChI=1S/C15H20ClFN2O2/c1-19(12-5-2-10(9-20)3-6-12)15(21)18-14-7-4-11(17)8-13(14)16/h4,7-8,10,12,20H,2-3,5-6,9H2,1H3,(H,18,21). The summed E-state index contributed by atoms with van der Waals surface area (Å²) >= 11 is 5.90. The number of amides is 2. The van der Waals surface area contributed by atoms with Crippen molar-refractivity contribution in [3.05, 3.63) is 29.0 Å². The number of carbonyl (C=O) groups excluding carboxylic acids is 1. The molecular formula is C15H20ClFN2O2. The van der Waals surface area contributed by atoms with Gasteiger partial charge in [0.25, 0.3) is 0 Å². The van der Waals surface area contributed by atoms with Crippen LogP contribution >= 0.6 is 11.6 Å². The molecule has 0 radical (unpaired) electrons. The molecule has 1 aliphatic carbocycles. The Morgan fingerprint density at radius 1 is 1.43 bits per heavy atom. The minimum Gasteiger partial charge on any atom is -0.396 e. The van der Waals surface area contributed by atoms with Crippen molar-refractivity contribution in [2.75, 3.05) is 19.0 Å². The molecular weight excluding hydrogens is 295 g/mol. The van der Waals surface area contributed by atoms with Crippen molar-refractivity contribution in [2.45, 2.75) is 31.7 Å². The topological polar surface area (TPSA) is 52.6 Å². The van der Waals surface area contributed by atoms with E-state index in [4.69, 9.17) is 16.7 Å². The first-order valence-electron chi connectivity index (χ1n) is 7.11. The lowest BCUT2D eigenvalue weighted by atomic mass is 9.86. The van der Waals surface area contributed by atoms with Gasteiger partial charge in [0.1, 0.15) is 5.82 Å². The Balaban J connectivity index is 1.93. The van der Waals surface area contributed by atoms with Gasteiger partial charge in [0.2, 0.25) is 0 Å². The van der Waals surface area contributed by atoms with E-state index in [2.05, 4.69) is 5.32 Å². The molecule has 0 aromatic heterocycles. The Morgan fingerprint density at radius 2 is 2.10 bits per heavy atom. The summed E-state index contributed by atoms with van der Waals surface area (Å²) in [6, 6.07) is 3.78. The van der Waals surface area contributed by atoms with Crippen LogP contribution in [-0.2, 0) is 0 Å². The van der Waals surface area contributed by atoms with E-state index in [0.29, 0.717) is 11.6 Å². The van der Waals surface area contributed by atoms with Crippen molar-refractivity contribution in [2.24, 2.45) is 5.92 Å². The SMILES string of the molecule is CN(C(=O)Nc1ccc(F)cc1Cl)C1CCC(CO)CC1. The predicted molar refractivity (Wildman–Crippen MR) is 81.0 cm³/mol. The lowest BCUT2D eigenvalue weighted by molar-refractivity contribution is 0.139. The number of urea groups is 1. The minimum atomic E-state index is -0.436. The third-order valence-electron chi connectivity index (χ3n) is 4.12. The van der Waals surface area contributed by atoms with Gasteiger partial charge in [-0.25, -0.2) is 9.18 Å². The lowest BCUT2D eigenvalue weighted by Gasteiger charge is -2.34. The van der Waals surface area contributed by atoms with Crippen LogP contribution in [0.15, 0.2) is 18.2 Å². The molecule has 116 valence electrons. The highest BCUT2D eigenvalue weighted by atomic mass is 35.5. The van der Waals surface area contributed by atoms with Crippen molar-refractivity contribution in [3.63, 3.8) is 0 Å². The number of aliphatic hydroxyl groups is 1. The number of hydrogen-bond acceptors (Lipinski definition) is 2. The summed E-state index contributed by atoms with van der Waals surface area (Å²) in [4.78, 5) is 13.9. The number of benzene rings is 1. The van der Waals surface area contributed by atoms with Gasteiger partial charge in [0.15, 0.2) is 0 Å². The van der Waals surface area contributed by atoms with Gasteiger partial charge in [0.05, 0.1) is 10.7 Å². The number of nitrogens with one attached hydrogen (secondary N) is 1. The second kappa shape index (κ2) is 7.09. The number of carbonyl (C=O) groups is 1. The summed E-state index contributed by atoms with van der Waals surface area (Å²) in [7, 11) is 1.75. The number of anilines is 1. The highest BCUT2D eigenvalue weighted by Gasteiger charge is 2.26. The fraction of sp³-hybridized carbons (Fsp3) is 0.533. The van der Waals surface area contributed by atoms with Crippen LogP contribution in [-0.4, -0.2) is 35.7 Å². The van der Waals surface area contributed by atoms with Gasteiger partial charge in [-0.2, -0.15) is 0 Å². The van der Waals surface area contributed by atoms with Gasteiger partial charge >= 0.3 is 6.03 Å². The number of rotatable bonds is 3. The van der Waals surface area contributed by atoms with E-state index >= 15 is 0 Å². The Hall–Kier alpha value is -1.33. The molecule has 1 aromatic carbocycles. The summed E-state index contributed by atoms with van der Waals surface area (Å²) in [6.45, 7) is 0.216. The second-order valence-electron chi connectivity index (χ2n) is 5.52. The number of nitrogens with zero attached hydrogens (tertiary/aromatic N) is 1. The second-order valence-corrected chi connectivity index (χ2v) is 5.93. The Kier molecular flexibility index (Phi) is 5.42. The fourth-order valence-electron chi connectivity index (χ4n) is 2.67. The van der Waals surface area contributed by atoms with E-state index in [0.717, 1.165) is 25.7 Å². The molecule has 1 aromatic rings. The molecule has 0 bridgehead atoms. The van der Waals surface area contributed by atoms with Gasteiger partial charge in [-0.15, -0.1) is 0 Å². The van der Waals surface area contributed by atoms with Gasteiger partial charge < -0.3 is 15.3 Å². The quantitative estimate of drug-likeness (QED) is 0.897. The molecule has 0 aliphatic heterocycles. The molecule has 6 heteroatoms. The van der Waals surface area contributed by atoms with Gasteiger partial charge in [0, 0.05) is 19.7 Å². The smallest absolute Gasteiger partial charge is 0.321 e. The van der Waals surface area contributed by atoms with Crippen LogP contribution in [0.5, 0.6) is 0 Å². The molecule has 4 nitrogen and oxygen atoms in total. The molecule has 1 aliphatic rings. The fourth-order valence-corrected chi connectivity index (χ4v) is 2.89. The van der Waals surface area contributed by atoms with Gasteiger partial charge in [-0.05, 0) is 49.8 Å². The normalized spacial score (nSPS) is 21.9. The average molecular weight is 315 g/mol. The maximum atomic E-state index is 13.0. The summed E-state index contributed by atoms with van der Waals surface area (Å²) in [5, 5.41) is 12.0. The molecule has 2 N–H and O–H groups in total. The summed E-state index contributed by atoms with van der Waals surface area (Å²) < 4.78 is 13.0. The maximum absolute atomic E-state index is 13.0. The Bertz CT molecular complexity index is 504. The van der Waals surface area contributed by atoms with Gasteiger partial charge in [-0.1, -0.05) is 11.6 Å². The molecule has 1 saturated carbocycles. The van der Waals surface area contributed by atoms with Crippen molar-refractivity contribution in [1.82, 2.24) is 4.90 Å². The highest BCUT2D eigenvalue weighted by Crippen LogP contribution is 2.28. The average Bonchev–Trinajstić information content (AvgIpc) is 2.49. The van der Waals surface area contributed by atoms with Crippen LogP contribution in [0.1, 0.15) is 25.7 Å². The van der Waals surface area contributed by atoms with Crippen molar-refractivity contribution < 1.29 is 14.3 Å². The molecule has 0 unspecified atom stereocenters. The molecule has 1 fully saturated rings. The minimum absolute atomic E-state index is 0.159. The summed E-state index contributed by atoms with van der Waals surface area (Å²) in [5.41, 5.74) is 0.402. The van der Waals surface area contributed by atoms with E-state index in [1.165, 1.54) is 18.2 Å². The first kappa shape index (κ1) is 16.0. The number of halogens is 2. The first-order chi connectivity index (χ1) is 10.0. The Labute approximate surface area is 128 Å². The van der Waals surface area contributed by atoms with Crippen LogP contribution in [0.4, 0.5) is 14.9 Å². The first-order valence-corrected chi connectivity index (χ1v) is 7.48. The largest absolute Gasteiger partial charge is 0.396 e. The third kappa shape index (κ3) is 4.08. The summed E-state index contributed by atoms with van der Waals surface area (Å²) in [5.74, 6) is -0.0852. The number of hydrogen-bond donors (Lipinski definition) is 2. The van der Waals surface area contributed by atoms with E-state index < -0.39 is 5.82 Å². The zero-order chi connectivity index (χ0) is 15.4. The molecule has 2 rings (SSSR count). The van der Waals surface area contributed by atoms with Crippen LogP contribution in [0.25, 0.3) is 0 Å². The third-order valence-corrected chi connectivity index (χ3v) is 4.43. The molecule has 2 amide bonds. The van der Waals surface area contributed by atoms with Crippen molar-refractivity contribution in [3.8, 4) is 0 Å². The zero-order valence-electron chi connectivity index (χ0n) is 12.0. The Morgan fingerprint density at radius 3 is 2.67 bits per heavy atom. The maximum Gasteiger partial charge on any atom is 0.321 e.